The number of nitrogens with two attached hydrogens (primary N) is 1. The molecule has 152 valence electrons. The first-order valence-corrected chi connectivity index (χ1v) is 9.20. The second kappa shape index (κ2) is 7.74. The lowest BCUT2D eigenvalue weighted by Crippen LogP contribution is -2.20. The van der Waals surface area contributed by atoms with Crippen LogP contribution in [0.25, 0.3) is 11.0 Å². The topological polar surface area (TPSA) is 145 Å². The van der Waals surface area contributed by atoms with Crippen LogP contribution < -0.4 is 11.1 Å². The fraction of sp³-hybridized carbons (Fsp3) is 0.316. The highest BCUT2D eigenvalue weighted by atomic mass is 16.4. The largest absolute Gasteiger partial charge is 0.478 e. The van der Waals surface area contributed by atoms with Crippen LogP contribution in [0.5, 0.6) is 0 Å². The van der Waals surface area contributed by atoms with Crippen molar-refractivity contribution in [1.82, 2.24) is 19.3 Å². The minimum absolute atomic E-state index is 0.0357. The van der Waals surface area contributed by atoms with E-state index >= 15 is 0 Å². The third kappa shape index (κ3) is 3.68. The maximum atomic E-state index is 12.8. The summed E-state index contributed by atoms with van der Waals surface area (Å²) in [6.07, 6.45) is 0.678. The van der Waals surface area contributed by atoms with Gasteiger partial charge in [0.05, 0.1) is 22.3 Å². The van der Waals surface area contributed by atoms with E-state index < -0.39 is 17.8 Å². The molecule has 0 fully saturated rings. The molecule has 10 nitrogen and oxygen atoms in total. The van der Waals surface area contributed by atoms with Gasteiger partial charge in [0.1, 0.15) is 5.69 Å². The van der Waals surface area contributed by atoms with Gasteiger partial charge in [0.2, 0.25) is 11.9 Å². The number of carboxylic acid groups (broad SMARTS) is 1. The molecule has 2 heterocycles. The van der Waals surface area contributed by atoms with Gasteiger partial charge in [0, 0.05) is 18.7 Å². The Morgan fingerprint density at radius 3 is 2.52 bits per heavy atom. The molecule has 4 N–H and O–H groups in total. The smallest absolute Gasteiger partial charge is 0.337 e. The number of nitrogens with one attached hydrogen (secondary N) is 1. The quantitative estimate of drug-likeness (QED) is 0.555. The molecule has 0 aliphatic rings. The summed E-state index contributed by atoms with van der Waals surface area (Å²) < 4.78 is 3.20. The number of hydrogen-bond donors (Lipinski definition) is 3. The van der Waals surface area contributed by atoms with Crippen molar-refractivity contribution in [1.29, 1.82) is 0 Å². The molecule has 0 saturated carbocycles. The molecule has 0 saturated heterocycles. The Kier molecular flexibility index (Phi) is 5.35. The third-order valence-electron chi connectivity index (χ3n) is 4.46. The number of aromatic nitrogens is 4. The molecule has 2 amide bonds. The van der Waals surface area contributed by atoms with Gasteiger partial charge in [-0.3, -0.25) is 19.6 Å². The highest BCUT2D eigenvalue weighted by molar-refractivity contribution is 6.08. The number of hydrogen-bond acceptors (Lipinski definition) is 5. The van der Waals surface area contributed by atoms with Crippen molar-refractivity contribution in [2.75, 3.05) is 5.32 Å². The first-order chi connectivity index (χ1) is 13.8. The van der Waals surface area contributed by atoms with Gasteiger partial charge in [-0.25, -0.2) is 9.78 Å². The van der Waals surface area contributed by atoms with Gasteiger partial charge >= 0.3 is 5.97 Å². The fourth-order valence-corrected chi connectivity index (χ4v) is 3.25. The molecule has 3 rings (SSSR count). The molecule has 0 unspecified atom stereocenters. The van der Waals surface area contributed by atoms with E-state index in [2.05, 4.69) is 15.4 Å². The lowest BCUT2D eigenvalue weighted by molar-refractivity contribution is 0.0698. The van der Waals surface area contributed by atoms with Crippen LogP contribution >= 0.6 is 0 Å². The van der Waals surface area contributed by atoms with Crippen LogP contribution in [0.2, 0.25) is 0 Å². The highest BCUT2D eigenvalue weighted by Gasteiger charge is 2.22. The number of aromatic carboxylic acids is 1. The van der Waals surface area contributed by atoms with E-state index in [1.54, 1.807) is 22.2 Å². The number of imidazole rings is 1. The Balaban J connectivity index is 2.15. The molecule has 1 aromatic carbocycles. The summed E-state index contributed by atoms with van der Waals surface area (Å²) in [5, 5.41) is 16.6. The number of benzene rings is 1. The molecule has 0 radical (unpaired) electrons. The Labute approximate surface area is 166 Å². The van der Waals surface area contributed by atoms with Crippen molar-refractivity contribution in [2.45, 2.75) is 40.3 Å². The number of nitrogens with zero attached hydrogens (tertiary/aromatic N) is 4. The zero-order valence-corrected chi connectivity index (χ0v) is 16.4. The van der Waals surface area contributed by atoms with Gasteiger partial charge in [-0.1, -0.05) is 6.92 Å². The number of aryl methyl sites for hydroxylation is 3. The molecule has 2 aromatic heterocycles. The van der Waals surface area contributed by atoms with Crippen LogP contribution in [0.15, 0.2) is 18.2 Å². The Morgan fingerprint density at radius 2 is 1.93 bits per heavy atom. The van der Waals surface area contributed by atoms with Crippen molar-refractivity contribution < 1.29 is 19.5 Å². The van der Waals surface area contributed by atoms with E-state index in [1.807, 2.05) is 13.8 Å². The minimum Gasteiger partial charge on any atom is -0.478 e. The molecule has 0 bridgehead atoms. The van der Waals surface area contributed by atoms with E-state index in [0.29, 0.717) is 36.4 Å². The number of carbonyl (C=O) groups is 3. The maximum absolute atomic E-state index is 12.8. The van der Waals surface area contributed by atoms with E-state index in [9.17, 15) is 19.5 Å². The van der Waals surface area contributed by atoms with Crippen LogP contribution in [0, 0.1) is 6.92 Å². The number of carboxylic acids is 1. The third-order valence-corrected chi connectivity index (χ3v) is 4.46. The Bertz CT molecular complexity index is 1130. The number of anilines is 1. The summed E-state index contributed by atoms with van der Waals surface area (Å²) >= 11 is 0. The average molecular weight is 398 g/mol. The number of primary amides is 1. The second-order valence-electron chi connectivity index (χ2n) is 6.59. The lowest BCUT2D eigenvalue weighted by atomic mass is 10.1. The van der Waals surface area contributed by atoms with Gasteiger partial charge in [-0.15, -0.1) is 0 Å². The monoisotopic (exact) mass is 398 g/mol. The molecule has 3 aromatic rings. The van der Waals surface area contributed by atoms with Gasteiger partial charge in [0.25, 0.3) is 5.91 Å². The highest BCUT2D eigenvalue weighted by Crippen LogP contribution is 2.26. The summed E-state index contributed by atoms with van der Waals surface area (Å²) in [5.74, 6) is -2.19. The van der Waals surface area contributed by atoms with Crippen LogP contribution in [-0.4, -0.2) is 42.2 Å². The summed E-state index contributed by atoms with van der Waals surface area (Å²) in [5.41, 5.74) is 6.92. The Morgan fingerprint density at radius 1 is 1.21 bits per heavy atom. The van der Waals surface area contributed by atoms with Crippen molar-refractivity contribution in [2.24, 2.45) is 5.73 Å². The normalized spacial score (nSPS) is 11.0. The molecular formula is C19H22N6O4. The fourth-order valence-electron chi connectivity index (χ4n) is 3.25. The van der Waals surface area contributed by atoms with Gasteiger partial charge in [-0.2, -0.15) is 5.10 Å². The number of amides is 2. The molecular weight excluding hydrogens is 376 g/mol. The predicted octanol–water partition coefficient (Wildman–Crippen LogP) is 2.02. The first-order valence-electron chi connectivity index (χ1n) is 9.20. The van der Waals surface area contributed by atoms with E-state index in [4.69, 9.17) is 5.73 Å². The van der Waals surface area contributed by atoms with Crippen LogP contribution in [0.3, 0.4) is 0 Å². The van der Waals surface area contributed by atoms with E-state index in [-0.39, 0.29) is 22.6 Å². The standard InChI is InChI=1S/C19H22N6O4/c1-4-6-24-15-12(18(28)29)8-11(16(20)26)9-13(15)21-19(24)22-17(27)14-7-10(3)23-25(14)5-2/h7-9H,4-6H2,1-3H3,(H2,20,26)(H,28,29)(H,21,22,27). The summed E-state index contributed by atoms with van der Waals surface area (Å²) in [6, 6.07) is 4.31. The minimum atomic E-state index is -1.21. The Hall–Kier alpha value is -3.69. The summed E-state index contributed by atoms with van der Waals surface area (Å²) in [4.78, 5) is 40.6. The van der Waals surface area contributed by atoms with Crippen molar-refractivity contribution in [3.63, 3.8) is 0 Å². The molecule has 0 aliphatic carbocycles. The zero-order valence-electron chi connectivity index (χ0n) is 16.4. The van der Waals surface area contributed by atoms with Crippen molar-refractivity contribution in [3.05, 3.63) is 40.7 Å². The predicted molar refractivity (Wildman–Crippen MR) is 106 cm³/mol. The number of rotatable bonds is 7. The van der Waals surface area contributed by atoms with Gasteiger partial charge in [0.15, 0.2) is 0 Å². The lowest BCUT2D eigenvalue weighted by Gasteiger charge is -2.11. The summed E-state index contributed by atoms with van der Waals surface area (Å²) in [6.45, 7) is 6.53. The second-order valence-corrected chi connectivity index (χ2v) is 6.59. The summed E-state index contributed by atoms with van der Waals surface area (Å²) in [7, 11) is 0. The molecule has 0 aliphatic heterocycles. The van der Waals surface area contributed by atoms with Crippen molar-refractivity contribution >= 4 is 34.8 Å². The SMILES string of the molecule is CCCn1c(NC(=O)c2cc(C)nn2CC)nc2cc(C(N)=O)cc(C(=O)O)c21. The number of fused-ring (bicyclic) bond motifs is 1. The molecule has 10 heteroatoms. The molecule has 0 spiro atoms. The van der Waals surface area contributed by atoms with Gasteiger partial charge in [-0.05, 0) is 38.5 Å². The van der Waals surface area contributed by atoms with Crippen LogP contribution in [0.4, 0.5) is 5.95 Å². The van der Waals surface area contributed by atoms with Gasteiger partial charge < -0.3 is 15.4 Å². The average Bonchev–Trinajstić information content (AvgIpc) is 3.21. The van der Waals surface area contributed by atoms with Crippen LogP contribution in [0.1, 0.15) is 57.2 Å². The van der Waals surface area contributed by atoms with Crippen LogP contribution in [-0.2, 0) is 13.1 Å². The zero-order chi connectivity index (χ0) is 21.3. The molecule has 0 atom stereocenters. The maximum Gasteiger partial charge on any atom is 0.337 e. The van der Waals surface area contributed by atoms with E-state index in [1.165, 1.54) is 12.1 Å². The van der Waals surface area contributed by atoms with E-state index in [0.717, 1.165) is 0 Å². The van der Waals surface area contributed by atoms with Crippen molar-refractivity contribution in [3.8, 4) is 0 Å². The number of carbonyl (C=O) groups excluding carboxylic acids is 2. The molecule has 29 heavy (non-hydrogen) atoms. The first kappa shape index (κ1) is 20.1.